The third-order valence-corrected chi connectivity index (χ3v) is 7.07. The van der Waals surface area contributed by atoms with Crippen LogP contribution in [0.15, 0.2) is 36.7 Å². The first-order valence-corrected chi connectivity index (χ1v) is 9.20. The van der Waals surface area contributed by atoms with Gasteiger partial charge in [-0.25, -0.2) is 8.42 Å². The van der Waals surface area contributed by atoms with E-state index in [2.05, 4.69) is 36.6 Å². The number of nitriles is 1. The van der Waals surface area contributed by atoms with Crippen molar-refractivity contribution >= 4 is 58.9 Å². The van der Waals surface area contributed by atoms with E-state index in [1.54, 1.807) is 24.3 Å². The molecule has 0 spiro atoms. The maximum absolute atomic E-state index is 12.3. The minimum Gasteiger partial charge on any atom is -0.278 e. The Labute approximate surface area is 137 Å². The summed E-state index contributed by atoms with van der Waals surface area (Å²) < 4.78 is 28.6. The molecule has 0 radical (unpaired) electrons. The molecule has 2 aromatic rings. The standard InChI is InChI=1S/C12H8Br2N2O2S2/c1-7-4-11(19-12(7)14)20(17,18)16-10-3-2-8(6-15)5-9(10)13/h2-5,16H,1H3. The first kappa shape index (κ1) is 15.5. The van der Waals surface area contributed by atoms with Crippen LogP contribution in [0.3, 0.4) is 0 Å². The number of benzene rings is 1. The third-order valence-electron chi connectivity index (χ3n) is 2.44. The molecule has 0 saturated heterocycles. The molecule has 0 aliphatic heterocycles. The Morgan fingerprint density at radius 2 is 2.00 bits per heavy atom. The molecule has 0 bridgehead atoms. The van der Waals surface area contributed by atoms with Crippen LogP contribution in [-0.4, -0.2) is 8.42 Å². The van der Waals surface area contributed by atoms with Gasteiger partial charge in [0.2, 0.25) is 0 Å². The number of thiophene rings is 1. The molecule has 0 unspecified atom stereocenters. The van der Waals surface area contributed by atoms with Crippen LogP contribution in [0.5, 0.6) is 0 Å². The zero-order valence-corrected chi connectivity index (χ0v) is 15.0. The third kappa shape index (κ3) is 3.23. The Hall–Kier alpha value is -0.880. The Balaban J connectivity index is 2.36. The molecule has 8 heteroatoms. The van der Waals surface area contributed by atoms with Crippen molar-refractivity contribution in [2.24, 2.45) is 0 Å². The second-order valence-corrected chi connectivity index (χ2v) is 9.07. The van der Waals surface area contributed by atoms with Crippen molar-refractivity contribution in [3.8, 4) is 6.07 Å². The number of hydrogen-bond donors (Lipinski definition) is 1. The molecule has 1 heterocycles. The first-order valence-electron chi connectivity index (χ1n) is 5.32. The van der Waals surface area contributed by atoms with Gasteiger partial charge in [0.25, 0.3) is 10.0 Å². The zero-order chi connectivity index (χ0) is 14.9. The highest BCUT2D eigenvalue weighted by atomic mass is 79.9. The SMILES string of the molecule is Cc1cc(S(=O)(=O)Nc2ccc(C#N)cc2Br)sc1Br. The second kappa shape index (κ2) is 5.85. The Morgan fingerprint density at radius 1 is 1.30 bits per heavy atom. The number of halogens is 2. The molecule has 0 aliphatic rings. The van der Waals surface area contributed by atoms with Gasteiger partial charge in [-0.15, -0.1) is 11.3 Å². The lowest BCUT2D eigenvalue weighted by Crippen LogP contribution is -2.11. The molecule has 1 N–H and O–H groups in total. The van der Waals surface area contributed by atoms with Gasteiger partial charge in [0.15, 0.2) is 0 Å². The van der Waals surface area contributed by atoms with Gasteiger partial charge in [-0.1, -0.05) is 0 Å². The summed E-state index contributed by atoms with van der Waals surface area (Å²) in [6.45, 7) is 1.83. The van der Waals surface area contributed by atoms with Gasteiger partial charge in [-0.05, 0) is 68.6 Å². The molecule has 104 valence electrons. The van der Waals surface area contributed by atoms with Gasteiger partial charge in [-0.2, -0.15) is 5.26 Å². The number of aryl methyl sites for hydroxylation is 1. The molecule has 1 aromatic heterocycles. The fourth-order valence-electron chi connectivity index (χ4n) is 1.43. The topological polar surface area (TPSA) is 70.0 Å². The fraction of sp³-hybridized carbons (Fsp3) is 0.0833. The molecule has 2 rings (SSSR count). The van der Waals surface area contributed by atoms with Crippen molar-refractivity contribution in [1.29, 1.82) is 5.26 Å². The zero-order valence-electron chi connectivity index (χ0n) is 10.1. The van der Waals surface area contributed by atoms with Gasteiger partial charge in [0, 0.05) is 4.47 Å². The van der Waals surface area contributed by atoms with Crippen molar-refractivity contribution in [3.05, 3.63) is 43.7 Å². The summed E-state index contributed by atoms with van der Waals surface area (Å²) in [5.74, 6) is 0. The highest BCUT2D eigenvalue weighted by Gasteiger charge is 2.19. The molecule has 1 aromatic carbocycles. The maximum atomic E-state index is 12.3. The average Bonchev–Trinajstić information content (AvgIpc) is 2.73. The van der Waals surface area contributed by atoms with Crippen LogP contribution in [0, 0.1) is 18.3 Å². The number of rotatable bonds is 3. The second-order valence-electron chi connectivity index (χ2n) is 3.93. The largest absolute Gasteiger partial charge is 0.278 e. The lowest BCUT2D eigenvalue weighted by Gasteiger charge is -2.08. The van der Waals surface area contributed by atoms with Crippen LogP contribution >= 0.6 is 43.2 Å². The lowest BCUT2D eigenvalue weighted by molar-refractivity contribution is 0.603. The van der Waals surface area contributed by atoms with Crippen LogP contribution < -0.4 is 4.72 Å². The van der Waals surface area contributed by atoms with Crippen molar-refractivity contribution in [2.75, 3.05) is 4.72 Å². The van der Waals surface area contributed by atoms with E-state index in [0.29, 0.717) is 15.7 Å². The van der Waals surface area contributed by atoms with E-state index in [1.807, 2.05) is 13.0 Å². The Kier molecular flexibility index (Phi) is 4.54. The van der Waals surface area contributed by atoms with Crippen LogP contribution in [-0.2, 0) is 10.0 Å². The molecule has 0 amide bonds. The molecule has 0 atom stereocenters. The monoisotopic (exact) mass is 434 g/mol. The predicted molar refractivity (Wildman–Crippen MR) is 86.4 cm³/mol. The fourth-order valence-corrected chi connectivity index (χ4v) is 5.34. The number of sulfonamides is 1. The van der Waals surface area contributed by atoms with Gasteiger partial charge >= 0.3 is 0 Å². The summed E-state index contributed by atoms with van der Waals surface area (Å²) in [6, 6.07) is 8.26. The predicted octanol–water partition coefficient (Wildman–Crippen LogP) is 4.25. The van der Waals surface area contributed by atoms with Gasteiger partial charge in [-0.3, -0.25) is 4.72 Å². The van der Waals surface area contributed by atoms with Gasteiger partial charge < -0.3 is 0 Å². The van der Waals surface area contributed by atoms with Crippen LogP contribution in [0.25, 0.3) is 0 Å². The van der Waals surface area contributed by atoms with Crippen LogP contribution in [0.2, 0.25) is 0 Å². The van der Waals surface area contributed by atoms with E-state index in [0.717, 1.165) is 20.7 Å². The van der Waals surface area contributed by atoms with Crippen molar-refractivity contribution < 1.29 is 8.42 Å². The smallest absolute Gasteiger partial charge is 0.271 e. The van der Waals surface area contributed by atoms with E-state index in [1.165, 1.54) is 0 Å². The summed E-state index contributed by atoms with van der Waals surface area (Å²) in [7, 11) is -3.63. The quantitative estimate of drug-likeness (QED) is 0.783. The number of hydrogen-bond acceptors (Lipinski definition) is 4. The highest BCUT2D eigenvalue weighted by molar-refractivity contribution is 9.11. The van der Waals surface area contributed by atoms with E-state index in [-0.39, 0.29) is 4.21 Å². The van der Waals surface area contributed by atoms with Crippen molar-refractivity contribution in [2.45, 2.75) is 11.1 Å². The van der Waals surface area contributed by atoms with Crippen molar-refractivity contribution in [1.82, 2.24) is 0 Å². The average molecular weight is 436 g/mol. The van der Waals surface area contributed by atoms with Gasteiger partial charge in [0.05, 0.1) is 21.1 Å². The summed E-state index contributed by atoms with van der Waals surface area (Å²) in [5, 5.41) is 8.78. The minimum absolute atomic E-state index is 0.234. The molecule has 0 aliphatic carbocycles. The normalized spacial score (nSPS) is 11.1. The van der Waals surface area contributed by atoms with Crippen LogP contribution in [0.1, 0.15) is 11.1 Å². The van der Waals surface area contributed by atoms with E-state index < -0.39 is 10.0 Å². The molecular formula is C12H8Br2N2O2S2. The summed E-state index contributed by atoms with van der Waals surface area (Å²) in [6.07, 6.45) is 0. The molecule has 4 nitrogen and oxygen atoms in total. The Morgan fingerprint density at radius 3 is 2.50 bits per heavy atom. The maximum Gasteiger partial charge on any atom is 0.271 e. The molecular weight excluding hydrogens is 428 g/mol. The lowest BCUT2D eigenvalue weighted by atomic mass is 10.2. The number of nitrogens with zero attached hydrogens (tertiary/aromatic N) is 1. The Bertz CT molecular complexity index is 788. The highest BCUT2D eigenvalue weighted by Crippen LogP contribution is 2.33. The molecule has 0 fully saturated rings. The number of nitrogens with one attached hydrogen (secondary N) is 1. The first-order chi connectivity index (χ1) is 9.33. The summed E-state index contributed by atoms with van der Waals surface area (Å²) >= 11 is 7.71. The van der Waals surface area contributed by atoms with Crippen LogP contribution in [0.4, 0.5) is 5.69 Å². The molecule has 20 heavy (non-hydrogen) atoms. The minimum atomic E-state index is -3.63. The van der Waals surface area contributed by atoms with Crippen molar-refractivity contribution in [3.63, 3.8) is 0 Å². The van der Waals surface area contributed by atoms with E-state index in [4.69, 9.17) is 5.26 Å². The molecule has 0 saturated carbocycles. The number of anilines is 1. The van der Waals surface area contributed by atoms with E-state index in [9.17, 15) is 8.42 Å². The summed E-state index contributed by atoms with van der Waals surface area (Å²) in [5.41, 5.74) is 1.72. The van der Waals surface area contributed by atoms with Gasteiger partial charge in [0.1, 0.15) is 4.21 Å². The summed E-state index contributed by atoms with van der Waals surface area (Å²) in [4.78, 5) is 0. The van der Waals surface area contributed by atoms with E-state index >= 15 is 0 Å².